The van der Waals surface area contributed by atoms with Crippen LogP contribution in [0.4, 0.5) is 0 Å². The van der Waals surface area contributed by atoms with Crippen LogP contribution in [0.5, 0.6) is 0 Å². The van der Waals surface area contributed by atoms with E-state index in [9.17, 15) is 18.3 Å². The molecule has 2 atom stereocenters. The van der Waals surface area contributed by atoms with Crippen LogP contribution in [0.1, 0.15) is 23.8 Å². The number of amides is 1. The number of hydrogen-bond acceptors (Lipinski definition) is 4. The number of sulfonamides is 1. The highest BCUT2D eigenvalue weighted by Gasteiger charge is 2.29. The molecule has 0 aromatic carbocycles. The zero-order chi connectivity index (χ0) is 15.8. The van der Waals surface area contributed by atoms with Gasteiger partial charge >= 0.3 is 0 Å². The number of aryl methyl sites for hydroxylation is 1. The molecule has 1 saturated heterocycles. The molecule has 0 spiro atoms. The minimum atomic E-state index is -3.57. The monoisotopic (exact) mass is 315 g/mol. The summed E-state index contributed by atoms with van der Waals surface area (Å²) in [6.45, 7) is 2.79. The molecule has 1 amide bonds. The van der Waals surface area contributed by atoms with Gasteiger partial charge in [0.1, 0.15) is 10.6 Å². The molecule has 1 fully saturated rings. The van der Waals surface area contributed by atoms with Crippen LogP contribution in [-0.2, 0) is 17.1 Å². The highest BCUT2D eigenvalue weighted by molar-refractivity contribution is 7.89. The largest absolute Gasteiger partial charge is 0.391 e. The van der Waals surface area contributed by atoms with Crippen LogP contribution in [0, 0.1) is 5.92 Å². The van der Waals surface area contributed by atoms with E-state index in [1.807, 2.05) is 6.92 Å². The predicted octanol–water partition coefficient (Wildman–Crippen LogP) is -0.224. The van der Waals surface area contributed by atoms with Gasteiger partial charge in [0.25, 0.3) is 5.91 Å². The van der Waals surface area contributed by atoms with Gasteiger partial charge in [0.2, 0.25) is 10.0 Å². The molecule has 0 radical (unpaired) electrons. The van der Waals surface area contributed by atoms with Gasteiger partial charge in [-0.25, -0.2) is 13.1 Å². The van der Waals surface area contributed by atoms with Crippen LogP contribution in [0.2, 0.25) is 0 Å². The molecule has 1 aliphatic heterocycles. The zero-order valence-corrected chi connectivity index (χ0v) is 13.2. The molecule has 2 N–H and O–H groups in total. The molecule has 21 heavy (non-hydrogen) atoms. The standard InChI is InChI=1S/C13H21N3O4S/c1-9-4-5-16(8-12(9)17)13(18)11-6-10(7-15(11)3)21(19,20)14-2/h6-7,9,12,14,17H,4-5,8H2,1-3H3. The summed E-state index contributed by atoms with van der Waals surface area (Å²) in [7, 11) is -0.619. The van der Waals surface area contributed by atoms with E-state index in [0.29, 0.717) is 12.2 Å². The first kappa shape index (κ1) is 16.0. The SMILES string of the molecule is CNS(=O)(=O)c1cc(C(=O)N2CCC(C)C(O)C2)n(C)c1. The number of hydrogen-bond donors (Lipinski definition) is 2. The minimum absolute atomic E-state index is 0.0572. The number of likely N-dealkylation sites (tertiary alicyclic amines) is 1. The van der Waals surface area contributed by atoms with Gasteiger partial charge in [-0.05, 0) is 25.5 Å². The number of carbonyl (C=O) groups excluding carboxylic acids is 1. The summed E-state index contributed by atoms with van der Waals surface area (Å²) in [4.78, 5) is 14.1. The van der Waals surface area contributed by atoms with Gasteiger partial charge in [0, 0.05) is 26.3 Å². The number of rotatable bonds is 3. The predicted molar refractivity (Wildman–Crippen MR) is 77.3 cm³/mol. The Hall–Kier alpha value is -1.38. The highest BCUT2D eigenvalue weighted by Crippen LogP contribution is 2.20. The van der Waals surface area contributed by atoms with Crippen molar-refractivity contribution < 1.29 is 18.3 Å². The van der Waals surface area contributed by atoms with Gasteiger partial charge in [-0.2, -0.15) is 0 Å². The maximum Gasteiger partial charge on any atom is 0.270 e. The molecular formula is C13H21N3O4S. The van der Waals surface area contributed by atoms with E-state index < -0.39 is 16.1 Å². The number of aliphatic hydroxyl groups excluding tert-OH is 1. The Labute approximate surface area is 124 Å². The van der Waals surface area contributed by atoms with Crippen LogP contribution in [0.15, 0.2) is 17.2 Å². The Morgan fingerprint density at radius 3 is 2.71 bits per heavy atom. The number of piperidine rings is 1. The summed E-state index contributed by atoms with van der Waals surface area (Å²) in [5.41, 5.74) is 0.297. The Morgan fingerprint density at radius 1 is 1.48 bits per heavy atom. The fraction of sp³-hybridized carbons (Fsp3) is 0.615. The van der Waals surface area contributed by atoms with Crippen molar-refractivity contribution in [3.8, 4) is 0 Å². The lowest BCUT2D eigenvalue weighted by Gasteiger charge is -2.34. The van der Waals surface area contributed by atoms with Crippen LogP contribution in [-0.4, -0.2) is 55.1 Å². The Bertz CT molecular complexity index is 638. The van der Waals surface area contributed by atoms with E-state index in [-0.39, 0.29) is 23.3 Å². The minimum Gasteiger partial charge on any atom is -0.391 e. The first-order valence-electron chi connectivity index (χ1n) is 6.83. The summed E-state index contributed by atoms with van der Waals surface area (Å²) < 4.78 is 27.3. The van der Waals surface area contributed by atoms with Crippen LogP contribution in [0.3, 0.4) is 0 Å². The molecule has 0 saturated carbocycles. The Balaban J connectivity index is 2.24. The topological polar surface area (TPSA) is 91.6 Å². The molecule has 1 aliphatic rings. The van der Waals surface area contributed by atoms with Crippen LogP contribution in [0.25, 0.3) is 0 Å². The van der Waals surface area contributed by atoms with Gasteiger partial charge in [-0.1, -0.05) is 6.92 Å². The van der Waals surface area contributed by atoms with E-state index in [1.165, 1.54) is 23.9 Å². The van der Waals surface area contributed by atoms with Crippen molar-refractivity contribution in [1.29, 1.82) is 0 Å². The van der Waals surface area contributed by atoms with Crippen molar-refractivity contribution in [2.75, 3.05) is 20.1 Å². The molecule has 2 rings (SSSR count). The van der Waals surface area contributed by atoms with Crippen molar-refractivity contribution in [2.24, 2.45) is 13.0 Å². The normalized spacial score (nSPS) is 23.3. The van der Waals surface area contributed by atoms with E-state index >= 15 is 0 Å². The highest BCUT2D eigenvalue weighted by atomic mass is 32.2. The smallest absolute Gasteiger partial charge is 0.270 e. The van der Waals surface area contributed by atoms with Crippen molar-refractivity contribution in [1.82, 2.24) is 14.2 Å². The molecule has 7 nitrogen and oxygen atoms in total. The van der Waals surface area contributed by atoms with Gasteiger partial charge in [-0.15, -0.1) is 0 Å². The molecule has 1 aromatic rings. The van der Waals surface area contributed by atoms with E-state index in [1.54, 1.807) is 11.9 Å². The lowest BCUT2D eigenvalue weighted by molar-refractivity contribution is 0.0243. The number of nitrogens with zero attached hydrogens (tertiary/aromatic N) is 2. The Kier molecular flexibility index (Phi) is 4.40. The summed E-state index contributed by atoms with van der Waals surface area (Å²) in [6.07, 6.45) is 1.60. The fourth-order valence-corrected chi connectivity index (χ4v) is 3.21. The number of carbonyl (C=O) groups is 1. The van der Waals surface area contributed by atoms with E-state index in [0.717, 1.165) is 6.42 Å². The average molecular weight is 315 g/mol. The first-order valence-corrected chi connectivity index (χ1v) is 8.32. The molecular weight excluding hydrogens is 294 g/mol. The molecule has 0 aliphatic carbocycles. The van der Waals surface area contributed by atoms with Crippen molar-refractivity contribution in [3.63, 3.8) is 0 Å². The maximum atomic E-state index is 12.5. The average Bonchev–Trinajstić information content (AvgIpc) is 2.84. The summed E-state index contributed by atoms with van der Waals surface area (Å²) in [5, 5.41) is 9.88. The van der Waals surface area contributed by atoms with Crippen molar-refractivity contribution in [2.45, 2.75) is 24.3 Å². The third-order valence-electron chi connectivity index (χ3n) is 3.98. The second kappa shape index (κ2) is 5.78. The molecule has 8 heteroatoms. The lowest BCUT2D eigenvalue weighted by atomic mass is 9.96. The van der Waals surface area contributed by atoms with Crippen molar-refractivity contribution in [3.05, 3.63) is 18.0 Å². The van der Waals surface area contributed by atoms with Gasteiger partial charge in [0.05, 0.1) is 6.10 Å². The van der Waals surface area contributed by atoms with Crippen LogP contribution < -0.4 is 4.72 Å². The second-order valence-electron chi connectivity index (χ2n) is 5.46. The second-order valence-corrected chi connectivity index (χ2v) is 7.35. The maximum absolute atomic E-state index is 12.5. The van der Waals surface area contributed by atoms with Gasteiger partial charge in [0.15, 0.2) is 0 Å². The molecule has 1 aromatic heterocycles. The van der Waals surface area contributed by atoms with Gasteiger partial charge in [-0.3, -0.25) is 4.79 Å². The Morgan fingerprint density at radius 2 is 2.14 bits per heavy atom. The summed E-state index contributed by atoms with van der Waals surface area (Å²) in [6, 6.07) is 1.36. The number of aliphatic hydroxyl groups is 1. The summed E-state index contributed by atoms with van der Waals surface area (Å²) in [5.74, 6) is -0.0938. The molecule has 2 heterocycles. The van der Waals surface area contributed by atoms with Gasteiger partial charge < -0.3 is 14.6 Å². The third-order valence-corrected chi connectivity index (χ3v) is 5.37. The van der Waals surface area contributed by atoms with Crippen LogP contribution >= 0.6 is 0 Å². The third kappa shape index (κ3) is 3.12. The molecule has 2 unspecified atom stereocenters. The molecule has 118 valence electrons. The first-order chi connectivity index (χ1) is 9.76. The fourth-order valence-electron chi connectivity index (χ4n) is 2.41. The quantitative estimate of drug-likeness (QED) is 0.806. The van der Waals surface area contributed by atoms with E-state index in [4.69, 9.17) is 0 Å². The molecule has 0 bridgehead atoms. The number of nitrogens with one attached hydrogen (secondary N) is 1. The lowest BCUT2D eigenvalue weighted by Crippen LogP contribution is -2.46. The number of β-amino-alcohol motifs (C(OH)–C–C–N with tert-alkyl or cyclic N) is 1. The summed E-state index contributed by atoms with van der Waals surface area (Å²) >= 11 is 0. The zero-order valence-electron chi connectivity index (χ0n) is 12.4. The van der Waals surface area contributed by atoms with E-state index in [2.05, 4.69) is 4.72 Å². The number of aromatic nitrogens is 1. The van der Waals surface area contributed by atoms with Crippen molar-refractivity contribution >= 4 is 15.9 Å².